The van der Waals surface area contributed by atoms with Gasteiger partial charge in [0.1, 0.15) is 5.75 Å². The number of amides is 1. The summed E-state index contributed by atoms with van der Waals surface area (Å²) in [6.07, 6.45) is 0. The van der Waals surface area contributed by atoms with Gasteiger partial charge in [0, 0.05) is 18.0 Å². The summed E-state index contributed by atoms with van der Waals surface area (Å²) >= 11 is 1.72. The van der Waals surface area contributed by atoms with E-state index in [0.717, 1.165) is 24.6 Å². The molecule has 0 bridgehead atoms. The number of ether oxygens (including phenoxy) is 1. The Kier molecular flexibility index (Phi) is 11.5. The molecule has 0 aliphatic carbocycles. The molecule has 0 aliphatic heterocycles. The fourth-order valence-electron chi connectivity index (χ4n) is 2.23. The lowest BCUT2D eigenvalue weighted by Gasteiger charge is -2.11. The van der Waals surface area contributed by atoms with Crippen LogP contribution in [-0.2, 0) is 17.9 Å². The van der Waals surface area contributed by atoms with Crippen LogP contribution >= 0.6 is 35.3 Å². The van der Waals surface area contributed by atoms with Crippen molar-refractivity contribution in [3.63, 3.8) is 0 Å². The highest BCUT2D eigenvalue weighted by molar-refractivity contribution is 14.0. The van der Waals surface area contributed by atoms with Crippen LogP contribution in [0.1, 0.15) is 24.3 Å². The second kappa shape index (κ2) is 13.4. The van der Waals surface area contributed by atoms with Crippen molar-refractivity contribution in [2.45, 2.75) is 26.9 Å². The minimum Gasteiger partial charge on any atom is -0.484 e. The Morgan fingerprint density at radius 2 is 1.93 bits per heavy atom. The number of hydrogen-bond acceptors (Lipinski definition) is 4. The first-order chi connectivity index (χ1) is 12.7. The molecule has 0 saturated heterocycles. The van der Waals surface area contributed by atoms with E-state index in [0.29, 0.717) is 18.8 Å². The summed E-state index contributed by atoms with van der Waals surface area (Å²) in [4.78, 5) is 17.4. The second-order valence-corrected chi connectivity index (χ2v) is 6.55. The predicted molar refractivity (Wildman–Crippen MR) is 122 cm³/mol. The number of hydrogen-bond donors (Lipinski definition) is 3. The quantitative estimate of drug-likeness (QED) is 0.280. The lowest BCUT2D eigenvalue weighted by atomic mass is 10.2. The van der Waals surface area contributed by atoms with Crippen molar-refractivity contribution in [2.24, 2.45) is 4.99 Å². The smallest absolute Gasteiger partial charge is 0.257 e. The Morgan fingerprint density at radius 3 is 2.63 bits per heavy atom. The van der Waals surface area contributed by atoms with Crippen molar-refractivity contribution < 1.29 is 9.53 Å². The summed E-state index contributed by atoms with van der Waals surface area (Å²) in [7, 11) is 0. The maximum absolute atomic E-state index is 11.5. The maximum Gasteiger partial charge on any atom is 0.257 e. The molecule has 2 rings (SSSR count). The topological polar surface area (TPSA) is 74.8 Å². The fraction of sp³-hybridized carbons (Fsp3) is 0.368. The molecule has 0 fully saturated rings. The minimum atomic E-state index is -0.122. The van der Waals surface area contributed by atoms with E-state index >= 15 is 0 Å². The van der Waals surface area contributed by atoms with Crippen LogP contribution in [0.5, 0.6) is 5.75 Å². The standard InChI is InChI=1S/C19H26N4O2S.HI/c1-3-20-18(24)14-25-16-8-5-7-15(11-16)12-22-19(21-4-2)23-13-17-9-6-10-26-17;/h5-11H,3-4,12-14H2,1-2H3,(H,20,24)(H2,21,22,23);1H. The van der Waals surface area contributed by atoms with Crippen LogP contribution in [0.25, 0.3) is 0 Å². The zero-order chi connectivity index (χ0) is 18.6. The van der Waals surface area contributed by atoms with Gasteiger partial charge in [0.05, 0.1) is 13.1 Å². The number of carbonyl (C=O) groups excluding carboxylic acids is 1. The second-order valence-electron chi connectivity index (χ2n) is 5.52. The number of nitrogens with zero attached hydrogens (tertiary/aromatic N) is 1. The van der Waals surface area contributed by atoms with E-state index in [4.69, 9.17) is 4.74 Å². The number of aliphatic imine (C=N–C) groups is 1. The molecule has 0 saturated carbocycles. The van der Waals surface area contributed by atoms with E-state index in [1.807, 2.05) is 44.2 Å². The van der Waals surface area contributed by atoms with Crippen molar-refractivity contribution in [1.82, 2.24) is 16.0 Å². The van der Waals surface area contributed by atoms with Crippen LogP contribution in [0.2, 0.25) is 0 Å². The van der Waals surface area contributed by atoms with Crippen LogP contribution in [0.3, 0.4) is 0 Å². The average molecular weight is 502 g/mol. The third kappa shape index (κ3) is 9.09. The average Bonchev–Trinajstić information content (AvgIpc) is 3.16. The molecule has 1 aromatic carbocycles. The third-order valence-electron chi connectivity index (χ3n) is 3.42. The molecule has 0 aliphatic rings. The molecule has 0 unspecified atom stereocenters. The number of guanidine groups is 1. The molecule has 3 N–H and O–H groups in total. The molecule has 0 atom stereocenters. The largest absolute Gasteiger partial charge is 0.484 e. The van der Waals surface area contributed by atoms with Gasteiger partial charge in [0.15, 0.2) is 12.6 Å². The number of thiophene rings is 1. The maximum atomic E-state index is 11.5. The molecule has 1 heterocycles. The summed E-state index contributed by atoms with van der Waals surface area (Å²) in [5.74, 6) is 1.32. The molecule has 27 heavy (non-hydrogen) atoms. The van der Waals surface area contributed by atoms with Gasteiger partial charge in [0.2, 0.25) is 0 Å². The predicted octanol–water partition coefficient (Wildman–Crippen LogP) is 3.14. The molecule has 1 aromatic heterocycles. The van der Waals surface area contributed by atoms with Gasteiger partial charge in [-0.3, -0.25) is 4.79 Å². The van der Waals surface area contributed by atoms with Crippen molar-refractivity contribution in [1.29, 1.82) is 0 Å². The minimum absolute atomic E-state index is 0. The summed E-state index contributed by atoms with van der Waals surface area (Å²) in [5, 5.41) is 11.3. The van der Waals surface area contributed by atoms with Gasteiger partial charge in [-0.2, -0.15) is 0 Å². The molecule has 0 radical (unpaired) electrons. The van der Waals surface area contributed by atoms with Crippen molar-refractivity contribution >= 4 is 47.2 Å². The molecule has 0 spiro atoms. The lowest BCUT2D eigenvalue weighted by molar-refractivity contribution is -0.122. The molecule has 8 heteroatoms. The highest BCUT2D eigenvalue weighted by Crippen LogP contribution is 2.14. The summed E-state index contributed by atoms with van der Waals surface area (Å²) in [6, 6.07) is 11.8. The van der Waals surface area contributed by atoms with Crippen LogP contribution in [-0.4, -0.2) is 31.6 Å². The first-order valence-electron chi connectivity index (χ1n) is 8.74. The molecule has 148 valence electrons. The SMILES string of the molecule is CCNC(=O)COc1cccc(CN=C(NCC)NCc2cccs2)c1.I. The molecular weight excluding hydrogens is 475 g/mol. The van der Waals surface area contributed by atoms with E-state index in [1.165, 1.54) is 4.88 Å². The fourth-order valence-corrected chi connectivity index (χ4v) is 2.87. The zero-order valence-corrected chi connectivity index (χ0v) is 18.8. The summed E-state index contributed by atoms with van der Waals surface area (Å²) < 4.78 is 5.52. The molecule has 1 amide bonds. The normalized spacial score (nSPS) is 10.7. The number of likely N-dealkylation sites (N-methyl/N-ethyl adjacent to an activating group) is 1. The van der Waals surface area contributed by atoms with E-state index in [9.17, 15) is 4.79 Å². The number of carbonyl (C=O) groups is 1. The van der Waals surface area contributed by atoms with Gasteiger partial charge in [-0.1, -0.05) is 18.2 Å². The van der Waals surface area contributed by atoms with Crippen LogP contribution in [0.15, 0.2) is 46.8 Å². The zero-order valence-electron chi connectivity index (χ0n) is 15.7. The van der Waals surface area contributed by atoms with Gasteiger partial charge in [-0.05, 0) is 43.0 Å². The molecular formula is C19H27IN4O2S. The Hall–Kier alpha value is -1.81. The highest BCUT2D eigenvalue weighted by Gasteiger charge is 2.03. The Bertz CT molecular complexity index is 707. The number of rotatable bonds is 9. The van der Waals surface area contributed by atoms with E-state index in [2.05, 4.69) is 32.4 Å². The van der Waals surface area contributed by atoms with Gasteiger partial charge < -0.3 is 20.7 Å². The Morgan fingerprint density at radius 1 is 1.11 bits per heavy atom. The van der Waals surface area contributed by atoms with E-state index < -0.39 is 0 Å². The number of benzene rings is 1. The summed E-state index contributed by atoms with van der Waals surface area (Å²) in [5.41, 5.74) is 1.02. The van der Waals surface area contributed by atoms with Crippen LogP contribution in [0, 0.1) is 0 Å². The van der Waals surface area contributed by atoms with Gasteiger partial charge in [-0.15, -0.1) is 35.3 Å². The van der Waals surface area contributed by atoms with Crippen LogP contribution < -0.4 is 20.7 Å². The number of nitrogens with one attached hydrogen (secondary N) is 3. The Labute approximate surface area is 181 Å². The van der Waals surface area contributed by atoms with E-state index in [-0.39, 0.29) is 36.5 Å². The summed E-state index contributed by atoms with van der Waals surface area (Å²) in [6.45, 7) is 6.61. The first kappa shape index (κ1) is 23.2. The van der Waals surface area contributed by atoms with Crippen molar-refractivity contribution in [3.8, 4) is 5.75 Å². The number of halogens is 1. The van der Waals surface area contributed by atoms with Gasteiger partial charge in [-0.25, -0.2) is 4.99 Å². The lowest BCUT2D eigenvalue weighted by Crippen LogP contribution is -2.36. The highest BCUT2D eigenvalue weighted by atomic mass is 127. The third-order valence-corrected chi connectivity index (χ3v) is 4.29. The first-order valence-corrected chi connectivity index (χ1v) is 9.62. The van der Waals surface area contributed by atoms with Crippen molar-refractivity contribution in [3.05, 3.63) is 52.2 Å². The molecule has 2 aromatic rings. The molecule has 6 nitrogen and oxygen atoms in total. The van der Waals surface area contributed by atoms with Gasteiger partial charge in [0.25, 0.3) is 5.91 Å². The Balaban J connectivity index is 0.00000364. The van der Waals surface area contributed by atoms with Crippen LogP contribution in [0.4, 0.5) is 0 Å². The monoisotopic (exact) mass is 502 g/mol. The van der Waals surface area contributed by atoms with Gasteiger partial charge >= 0.3 is 0 Å². The van der Waals surface area contributed by atoms with E-state index in [1.54, 1.807) is 11.3 Å². The van der Waals surface area contributed by atoms with Crippen molar-refractivity contribution in [2.75, 3.05) is 19.7 Å².